The summed E-state index contributed by atoms with van der Waals surface area (Å²) in [4.78, 5) is 38.2. The van der Waals surface area contributed by atoms with Gasteiger partial charge in [-0.3, -0.25) is 49.2 Å². The number of nitrogen functional groups attached to an aromatic ring is 2. The highest BCUT2D eigenvalue weighted by Crippen LogP contribution is 2.44. The van der Waals surface area contributed by atoms with Gasteiger partial charge in [0.25, 0.3) is 0 Å². The van der Waals surface area contributed by atoms with Crippen LogP contribution in [0, 0.1) is 50.1 Å². The summed E-state index contributed by atoms with van der Waals surface area (Å²) in [5.74, 6) is 0.215. The van der Waals surface area contributed by atoms with Crippen LogP contribution in [0.1, 0.15) is 57.7 Å². The Morgan fingerprint density at radius 1 is 0.403 bits per heavy atom. The van der Waals surface area contributed by atoms with Gasteiger partial charge in [-0.25, -0.2) is 30.6 Å². The molecule has 2 aliphatic rings. The van der Waals surface area contributed by atoms with Crippen LogP contribution < -0.4 is 20.9 Å². The maximum atomic E-state index is 13.8. The van der Waals surface area contributed by atoms with Gasteiger partial charge < -0.3 is 31.6 Å². The molecule has 670 valence electrons. The summed E-state index contributed by atoms with van der Waals surface area (Å²) in [6.45, 7) is 13.1. The van der Waals surface area contributed by atoms with Gasteiger partial charge in [0.15, 0.2) is 0 Å². The number of nitrogens with two attached hydrogens (primary N) is 2. The predicted octanol–water partition coefficient (Wildman–Crippen LogP) is 23.1. The standard InChI is InChI=1S/C25H25FN4O.C22H22N4O2S.C21H15FN2.C21H16N2.C20H20N4O2S/c1-18-15-20(4-6-22(18)26)25-21(3-2-8-27-25)19-5-7-23-24(16-19)30(17-28-23)10-9-29-11-13-31-14-12-29;1-29(27,28)26-19-11-20(16-7-8-21(24)18(10-16)12-23)22(25-13-19)17-4-2-3-15(9-17)14-5-6-14;1-14-11-17(6-7-20(14)22)21-19(3-2-9-24-21)16-4-5-18-13-23-10-8-15(18)12-16;1-15-4-2-5-18(12-15)21-20(6-3-10-23-21)17-7-8-19-14-22-11-9-16(19)13-17;1-13-4-3-5-15(8-13)20-18(10-17(12-23-20)24-27(2,25)26)14-6-7-19(22)16(9-14)11-21/h2-8,15-17H,9-14H2,1H3;2-4,7-14,23,26H,5-6,24H2,1H3;2-13H,1H3;2-14H,1H3;3-12,21,24H,22H2,1-2H3. The van der Waals surface area contributed by atoms with Crippen molar-refractivity contribution in [2.75, 3.05) is 66.3 Å². The number of aryl methyl sites for hydroxylation is 4. The van der Waals surface area contributed by atoms with E-state index in [1.54, 1.807) is 74.9 Å². The van der Waals surface area contributed by atoms with Crippen molar-refractivity contribution >= 4 is 87.8 Å². The van der Waals surface area contributed by atoms with Gasteiger partial charge in [-0.05, 0) is 247 Å². The minimum absolute atomic E-state index is 0.200. The van der Waals surface area contributed by atoms with Crippen LogP contribution in [0.15, 0.2) is 323 Å². The number of benzene rings is 10. The molecule has 1 saturated carbocycles. The van der Waals surface area contributed by atoms with E-state index in [2.05, 4.69) is 169 Å². The summed E-state index contributed by atoms with van der Waals surface area (Å²) in [5.41, 5.74) is 40.5. The lowest BCUT2D eigenvalue weighted by molar-refractivity contribution is 0.0365. The summed E-state index contributed by atoms with van der Waals surface area (Å²) in [6, 6.07) is 84.5. The molecule has 2 fully saturated rings. The quantitative estimate of drug-likeness (QED) is 0.0305. The van der Waals surface area contributed by atoms with Gasteiger partial charge in [0.2, 0.25) is 20.0 Å². The van der Waals surface area contributed by atoms with Crippen molar-refractivity contribution in [1.82, 2.24) is 49.3 Å². The van der Waals surface area contributed by atoms with Crippen LogP contribution in [-0.2, 0) is 31.3 Å². The van der Waals surface area contributed by atoms with Gasteiger partial charge in [-0.1, -0.05) is 126 Å². The molecule has 0 spiro atoms. The first-order chi connectivity index (χ1) is 64.8. The molecule has 21 nitrogen and oxygen atoms in total. The molecule has 0 unspecified atom stereocenters. The number of morpholine rings is 1. The van der Waals surface area contributed by atoms with Gasteiger partial charge in [-0.2, -0.15) is 0 Å². The van der Waals surface area contributed by atoms with Crippen molar-refractivity contribution in [3.63, 3.8) is 0 Å². The first kappa shape index (κ1) is 91.8. The van der Waals surface area contributed by atoms with Gasteiger partial charge in [-0.15, -0.1) is 0 Å². The number of imidazole rings is 1. The lowest BCUT2D eigenvalue weighted by atomic mass is 9.95. The van der Waals surface area contributed by atoms with Gasteiger partial charge in [0.1, 0.15) is 11.6 Å². The zero-order valence-electron chi connectivity index (χ0n) is 74.7. The number of nitrogens with zero attached hydrogens (tertiary/aromatic N) is 10. The molecule has 1 saturated heterocycles. The van der Waals surface area contributed by atoms with Crippen molar-refractivity contribution in [3.05, 3.63) is 374 Å². The lowest BCUT2D eigenvalue weighted by Crippen LogP contribution is -2.38. The second-order valence-electron chi connectivity index (χ2n) is 33.2. The fraction of sp³-hybridized carbons (Fsp3) is 0.138. The first-order valence-corrected chi connectivity index (χ1v) is 47.4. The van der Waals surface area contributed by atoms with Crippen LogP contribution in [0.25, 0.3) is 144 Å². The predicted molar refractivity (Wildman–Crippen MR) is 539 cm³/mol. The molecule has 1 aliphatic heterocycles. The highest BCUT2D eigenvalue weighted by Gasteiger charge is 2.25. The van der Waals surface area contributed by atoms with E-state index in [9.17, 15) is 25.6 Å². The van der Waals surface area contributed by atoms with Crippen LogP contribution in [0.3, 0.4) is 0 Å². The van der Waals surface area contributed by atoms with E-state index in [4.69, 9.17) is 27.0 Å². The number of halogens is 2. The fourth-order valence-corrected chi connectivity index (χ4v) is 17.3. The largest absolute Gasteiger partial charge is 0.398 e. The molecule has 20 rings (SSSR count). The number of rotatable bonds is 20. The normalized spacial score (nSPS) is 12.5. The van der Waals surface area contributed by atoms with Crippen molar-refractivity contribution in [2.45, 2.75) is 53.0 Å². The number of pyridine rings is 7. The third kappa shape index (κ3) is 22.7. The zero-order valence-corrected chi connectivity index (χ0v) is 76.4. The number of hydrogen-bond acceptors (Lipinski definition) is 18. The maximum absolute atomic E-state index is 13.8. The molecular formula is C109H98F2N16O5S2. The molecule has 18 aromatic rings. The monoisotopic (exact) mass is 1810 g/mol. The van der Waals surface area contributed by atoms with Gasteiger partial charge in [0.05, 0.1) is 95.3 Å². The van der Waals surface area contributed by atoms with Crippen molar-refractivity contribution < 1.29 is 30.4 Å². The third-order valence-electron chi connectivity index (χ3n) is 23.2. The minimum Gasteiger partial charge on any atom is -0.398 e. The van der Waals surface area contributed by atoms with Gasteiger partial charge >= 0.3 is 0 Å². The molecule has 1 aliphatic carbocycles. The molecule has 9 heterocycles. The van der Waals surface area contributed by atoms with Gasteiger partial charge in [0, 0.05) is 171 Å². The number of hydrogen-bond donors (Lipinski definition) is 6. The summed E-state index contributed by atoms with van der Waals surface area (Å²) in [6.07, 6.45) is 24.7. The number of sulfonamides is 2. The lowest BCUT2D eigenvalue weighted by Gasteiger charge is -2.26. The van der Waals surface area contributed by atoms with E-state index >= 15 is 0 Å². The highest BCUT2D eigenvalue weighted by atomic mass is 32.2. The van der Waals surface area contributed by atoms with Crippen LogP contribution in [-0.4, -0.2) is 124 Å². The van der Waals surface area contributed by atoms with Crippen LogP contribution >= 0.6 is 0 Å². The number of aromatic nitrogens is 9. The van der Waals surface area contributed by atoms with E-state index in [0.29, 0.717) is 50.9 Å². The third-order valence-corrected chi connectivity index (χ3v) is 24.4. The molecule has 0 radical (unpaired) electrons. The van der Waals surface area contributed by atoms with Crippen molar-refractivity contribution in [2.24, 2.45) is 0 Å². The molecule has 134 heavy (non-hydrogen) atoms. The van der Waals surface area contributed by atoms with E-state index in [-0.39, 0.29) is 11.6 Å². The summed E-state index contributed by atoms with van der Waals surface area (Å²) >= 11 is 0. The molecule has 0 atom stereocenters. The Balaban J connectivity index is 0.000000122. The number of fused-ring (bicyclic) bond motifs is 3. The van der Waals surface area contributed by atoms with Crippen LogP contribution in [0.5, 0.6) is 0 Å². The molecule has 0 amide bonds. The second-order valence-corrected chi connectivity index (χ2v) is 36.7. The number of ether oxygens (including phenoxy) is 1. The SMILES string of the molecule is CS(=O)(=O)Nc1cnc(-c2cccc(C3CC3)c2)c(-c2ccc(N)c(C=N)c2)c1.Cc1cc(-c2ncccc2-c2ccc3cnccc3c2)ccc1F.Cc1cc(-c2ncccc2-c2ccc3ncn(CCN4CCOCC4)c3c2)ccc1F.Cc1cccc(-c2ncc(NS(C)(=O)=O)cc2-c2ccc(N)c(C=N)c2)c1.Cc1cccc(-c2ncccc2-c2ccc3cnccc3c2)c1. The first-order valence-electron chi connectivity index (χ1n) is 43.7. The maximum Gasteiger partial charge on any atom is 0.229 e. The Morgan fingerprint density at radius 3 is 1.27 bits per heavy atom. The van der Waals surface area contributed by atoms with E-state index in [1.807, 2.05) is 141 Å². The Morgan fingerprint density at radius 2 is 0.821 bits per heavy atom. The Labute approximate surface area is 778 Å². The fourth-order valence-electron chi connectivity index (χ4n) is 16.2. The summed E-state index contributed by atoms with van der Waals surface area (Å²) in [5, 5.41) is 19.7. The minimum atomic E-state index is -3.43. The van der Waals surface area contributed by atoms with E-state index in [1.165, 1.54) is 71.9 Å². The molecule has 8 N–H and O–H groups in total. The smallest absolute Gasteiger partial charge is 0.229 e. The van der Waals surface area contributed by atoms with Crippen molar-refractivity contribution in [1.29, 1.82) is 10.8 Å². The molecule has 10 aromatic carbocycles. The van der Waals surface area contributed by atoms with Crippen molar-refractivity contribution in [3.8, 4) is 112 Å². The van der Waals surface area contributed by atoms with Crippen LogP contribution in [0.4, 0.5) is 31.5 Å². The Kier molecular flexibility index (Phi) is 28.3. The highest BCUT2D eigenvalue weighted by molar-refractivity contribution is 7.92. The Hall–Kier alpha value is -15.5. The second kappa shape index (κ2) is 41.3. The molecule has 0 bridgehead atoms. The molecule has 8 aromatic heterocycles. The summed E-state index contributed by atoms with van der Waals surface area (Å²) in [7, 11) is -6.86. The average Bonchev–Trinajstić information content (AvgIpc) is 1.53. The topological polar surface area (TPSA) is 313 Å². The number of nitrogens with one attached hydrogen (secondary N) is 4. The summed E-state index contributed by atoms with van der Waals surface area (Å²) < 4.78 is 86.6. The Bertz CT molecular complexity index is 7660. The molecule has 25 heteroatoms. The van der Waals surface area contributed by atoms with Crippen LogP contribution in [0.2, 0.25) is 0 Å². The zero-order chi connectivity index (χ0) is 93.6. The van der Waals surface area contributed by atoms with E-state index < -0.39 is 20.0 Å². The average molecular weight is 1810 g/mol. The number of anilines is 4. The van der Waals surface area contributed by atoms with E-state index in [0.717, 1.165) is 191 Å². The molecular weight excluding hydrogens is 1720 g/mol.